The van der Waals surface area contributed by atoms with Gasteiger partial charge in [0.15, 0.2) is 11.5 Å². The highest BCUT2D eigenvalue weighted by molar-refractivity contribution is 5.43. The van der Waals surface area contributed by atoms with Crippen molar-refractivity contribution in [2.75, 3.05) is 20.8 Å². The largest absolute Gasteiger partial charge is 0.493 e. The third kappa shape index (κ3) is 4.67. The zero-order chi connectivity index (χ0) is 15.1. The molecule has 1 aromatic carbocycles. The second kappa shape index (κ2) is 8.09. The summed E-state index contributed by atoms with van der Waals surface area (Å²) in [4.78, 5) is 0. The number of aliphatic hydroxyl groups excluding tert-OH is 1. The molecule has 0 spiro atoms. The third-order valence-corrected chi connectivity index (χ3v) is 3.23. The molecule has 0 saturated carbocycles. The average Bonchev–Trinajstić information content (AvgIpc) is 2.43. The van der Waals surface area contributed by atoms with Gasteiger partial charge in [-0.2, -0.15) is 0 Å². The molecule has 0 aromatic heterocycles. The number of hydrogen-bond donors (Lipinski definition) is 3. The molecule has 0 radical (unpaired) electrons. The molecular weight excluding hydrogens is 256 g/mol. The van der Waals surface area contributed by atoms with Crippen molar-refractivity contribution in [3.05, 3.63) is 23.8 Å². The van der Waals surface area contributed by atoms with Crippen LogP contribution in [0.25, 0.3) is 0 Å². The normalized spacial score (nSPS) is 15.5. The van der Waals surface area contributed by atoms with Crippen molar-refractivity contribution in [3.8, 4) is 11.5 Å². The van der Waals surface area contributed by atoms with Gasteiger partial charge in [-0.25, -0.2) is 0 Å². The highest BCUT2D eigenvalue weighted by Crippen LogP contribution is 2.30. The Morgan fingerprint density at radius 3 is 2.35 bits per heavy atom. The lowest BCUT2D eigenvalue weighted by atomic mass is 10.0. The lowest BCUT2D eigenvalue weighted by Gasteiger charge is -2.24. The fourth-order valence-corrected chi connectivity index (χ4v) is 2.29. The van der Waals surface area contributed by atoms with E-state index >= 15 is 0 Å². The second-order valence-corrected chi connectivity index (χ2v) is 5.06. The van der Waals surface area contributed by atoms with Crippen molar-refractivity contribution >= 4 is 0 Å². The Bertz CT molecular complexity index is 410. The van der Waals surface area contributed by atoms with Crippen molar-refractivity contribution in [1.29, 1.82) is 0 Å². The average molecular weight is 282 g/mol. The van der Waals surface area contributed by atoms with E-state index in [1.807, 2.05) is 25.1 Å². The van der Waals surface area contributed by atoms with E-state index in [0.717, 1.165) is 5.56 Å². The monoisotopic (exact) mass is 282 g/mol. The summed E-state index contributed by atoms with van der Waals surface area (Å²) in [5, 5.41) is 12.8. The summed E-state index contributed by atoms with van der Waals surface area (Å²) >= 11 is 0. The molecule has 0 aliphatic heterocycles. The number of benzene rings is 1. The summed E-state index contributed by atoms with van der Waals surface area (Å²) in [5.41, 5.74) is 6.89. The van der Waals surface area contributed by atoms with Crippen LogP contribution in [0, 0.1) is 0 Å². The molecule has 5 heteroatoms. The molecule has 1 aromatic rings. The molecule has 20 heavy (non-hydrogen) atoms. The van der Waals surface area contributed by atoms with Gasteiger partial charge in [0.2, 0.25) is 0 Å². The van der Waals surface area contributed by atoms with Crippen molar-refractivity contribution in [1.82, 2.24) is 5.32 Å². The lowest BCUT2D eigenvalue weighted by Crippen LogP contribution is -2.36. The second-order valence-electron chi connectivity index (χ2n) is 5.06. The van der Waals surface area contributed by atoms with Gasteiger partial charge in [-0.15, -0.1) is 0 Å². The van der Waals surface area contributed by atoms with Gasteiger partial charge in [-0.3, -0.25) is 0 Å². The van der Waals surface area contributed by atoms with Crippen molar-refractivity contribution in [2.45, 2.75) is 38.5 Å². The van der Waals surface area contributed by atoms with Crippen LogP contribution in [-0.2, 0) is 0 Å². The number of ether oxygens (including phenoxy) is 2. The first-order chi connectivity index (χ1) is 9.51. The van der Waals surface area contributed by atoms with Crippen LogP contribution in [-0.4, -0.2) is 38.0 Å². The molecule has 0 bridgehead atoms. The standard InChI is InChI=1S/C15H26N2O3/c1-10(7-11(2)18)17-13(9-16)12-5-6-14(19-3)15(8-12)20-4/h5-6,8,10-11,13,17-18H,7,9,16H2,1-4H3. The van der Waals surface area contributed by atoms with E-state index in [9.17, 15) is 5.11 Å². The molecule has 0 heterocycles. The quantitative estimate of drug-likeness (QED) is 0.673. The third-order valence-electron chi connectivity index (χ3n) is 3.23. The van der Waals surface area contributed by atoms with Gasteiger partial charge in [0, 0.05) is 18.6 Å². The zero-order valence-electron chi connectivity index (χ0n) is 12.7. The van der Waals surface area contributed by atoms with Crippen LogP contribution in [0.1, 0.15) is 31.9 Å². The predicted molar refractivity (Wildman–Crippen MR) is 80.2 cm³/mol. The fourth-order valence-electron chi connectivity index (χ4n) is 2.29. The highest BCUT2D eigenvalue weighted by Gasteiger charge is 2.16. The highest BCUT2D eigenvalue weighted by atomic mass is 16.5. The number of nitrogens with two attached hydrogens (primary N) is 1. The minimum Gasteiger partial charge on any atom is -0.493 e. The molecular formula is C15H26N2O3. The van der Waals surface area contributed by atoms with Gasteiger partial charge in [0.05, 0.1) is 20.3 Å². The Morgan fingerprint density at radius 1 is 1.20 bits per heavy atom. The molecule has 1 rings (SSSR count). The summed E-state index contributed by atoms with van der Waals surface area (Å²) < 4.78 is 10.5. The van der Waals surface area contributed by atoms with Crippen LogP contribution >= 0.6 is 0 Å². The van der Waals surface area contributed by atoms with Gasteiger partial charge in [0.1, 0.15) is 0 Å². The van der Waals surface area contributed by atoms with E-state index in [1.165, 1.54) is 0 Å². The fraction of sp³-hybridized carbons (Fsp3) is 0.600. The van der Waals surface area contributed by atoms with E-state index in [4.69, 9.17) is 15.2 Å². The number of aliphatic hydroxyl groups is 1. The van der Waals surface area contributed by atoms with Crippen LogP contribution < -0.4 is 20.5 Å². The summed E-state index contributed by atoms with van der Waals surface area (Å²) in [6, 6.07) is 5.97. The molecule has 0 fully saturated rings. The van der Waals surface area contributed by atoms with Gasteiger partial charge in [-0.05, 0) is 38.0 Å². The van der Waals surface area contributed by atoms with Crippen molar-refractivity contribution in [3.63, 3.8) is 0 Å². The maximum atomic E-state index is 9.42. The summed E-state index contributed by atoms with van der Waals surface area (Å²) in [6.07, 6.45) is 0.352. The van der Waals surface area contributed by atoms with Crippen LogP contribution in [0.3, 0.4) is 0 Å². The van der Waals surface area contributed by atoms with E-state index < -0.39 is 0 Å². The Kier molecular flexibility index (Phi) is 6.78. The first kappa shape index (κ1) is 16.8. The lowest BCUT2D eigenvalue weighted by molar-refractivity contribution is 0.168. The summed E-state index contributed by atoms with van der Waals surface area (Å²) in [5.74, 6) is 1.39. The Labute approximate surface area is 121 Å². The maximum absolute atomic E-state index is 9.42. The number of hydrogen-bond acceptors (Lipinski definition) is 5. The first-order valence-electron chi connectivity index (χ1n) is 6.87. The van der Waals surface area contributed by atoms with Crippen LogP contribution in [0.4, 0.5) is 0 Å². The maximum Gasteiger partial charge on any atom is 0.161 e. The Morgan fingerprint density at radius 2 is 1.85 bits per heavy atom. The smallest absolute Gasteiger partial charge is 0.161 e. The number of methoxy groups -OCH3 is 2. The molecule has 0 saturated heterocycles. The topological polar surface area (TPSA) is 76.7 Å². The van der Waals surface area contributed by atoms with Crippen molar-refractivity contribution in [2.24, 2.45) is 5.73 Å². The van der Waals surface area contributed by atoms with Crippen molar-refractivity contribution < 1.29 is 14.6 Å². The minimum absolute atomic E-state index is 0.0172. The van der Waals surface area contributed by atoms with E-state index in [1.54, 1.807) is 21.1 Å². The molecule has 4 N–H and O–H groups in total. The molecule has 0 aliphatic carbocycles. The molecule has 0 amide bonds. The summed E-state index contributed by atoms with van der Waals surface area (Å²) in [7, 11) is 3.23. The van der Waals surface area contributed by atoms with Gasteiger partial charge in [-0.1, -0.05) is 6.07 Å². The molecule has 0 aliphatic rings. The predicted octanol–water partition coefficient (Wildman–Crippen LogP) is 1.45. The number of rotatable bonds is 8. The van der Waals surface area contributed by atoms with E-state index in [-0.39, 0.29) is 18.2 Å². The Hall–Kier alpha value is -1.30. The zero-order valence-corrected chi connectivity index (χ0v) is 12.7. The molecule has 5 nitrogen and oxygen atoms in total. The molecule has 3 unspecified atom stereocenters. The summed E-state index contributed by atoms with van der Waals surface area (Å²) in [6.45, 7) is 4.29. The SMILES string of the molecule is COc1ccc(C(CN)NC(C)CC(C)O)cc1OC. The van der Waals surface area contributed by atoms with Gasteiger partial charge >= 0.3 is 0 Å². The van der Waals surface area contributed by atoms with Gasteiger partial charge < -0.3 is 25.6 Å². The van der Waals surface area contributed by atoms with E-state index in [0.29, 0.717) is 24.5 Å². The number of nitrogens with one attached hydrogen (secondary N) is 1. The van der Waals surface area contributed by atoms with Crippen LogP contribution in [0.5, 0.6) is 11.5 Å². The van der Waals surface area contributed by atoms with Crippen LogP contribution in [0.15, 0.2) is 18.2 Å². The van der Waals surface area contributed by atoms with Gasteiger partial charge in [0.25, 0.3) is 0 Å². The first-order valence-corrected chi connectivity index (χ1v) is 6.87. The molecule has 3 atom stereocenters. The van der Waals surface area contributed by atoms with Crippen LogP contribution in [0.2, 0.25) is 0 Å². The Balaban J connectivity index is 2.84. The minimum atomic E-state index is -0.332. The molecule has 114 valence electrons. The van der Waals surface area contributed by atoms with E-state index in [2.05, 4.69) is 5.32 Å².